The van der Waals surface area contributed by atoms with E-state index in [1.807, 2.05) is 12.2 Å². The molecule has 0 aliphatic rings. The summed E-state index contributed by atoms with van der Waals surface area (Å²) in [6, 6.07) is 0. The molecular formula is C16H26O6. The van der Waals surface area contributed by atoms with E-state index in [-0.39, 0.29) is 17.9 Å². The van der Waals surface area contributed by atoms with E-state index in [0.29, 0.717) is 38.5 Å². The molecule has 0 aromatic carbocycles. The van der Waals surface area contributed by atoms with Crippen LogP contribution in [-0.4, -0.2) is 39.2 Å². The van der Waals surface area contributed by atoms with E-state index in [1.165, 1.54) is 21.3 Å². The summed E-state index contributed by atoms with van der Waals surface area (Å²) in [7, 11) is 4.11. The first-order valence-corrected chi connectivity index (χ1v) is 6.98. The van der Waals surface area contributed by atoms with Crippen LogP contribution >= 0.6 is 0 Å². The Labute approximate surface area is 132 Å². The number of esters is 3. The van der Waals surface area contributed by atoms with E-state index in [0.717, 1.165) is 0 Å². The Morgan fingerprint density at radius 2 is 1.05 bits per heavy atom. The zero-order chi connectivity index (χ0) is 17.2. The lowest BCUT2D eigenvalue weighted by atomic mass is 10.2. The molecule has 0 aromatic rings. The van der Waals surface area contributed by atoms with Crippen LogP contribution in [0.5, 0.6) is 0 Å². The third-order valence-electron chi connectivity index (χ3n) is 2.43. The van der Waals surface area contributed by atoms with Crippen LogP contribution in [0.3, 0.4) is 0 Å². The lowest BCUT2D eigenvalue weighted by Crippen LogP contribution is -1.99. The maximum absolute atomic E-state index is 10.7. The van der Waals surface area contributed by atoms with E-state index in [1.54, 1.807) is 6.08 Å². The Bertz CT molecular complexity index is 338. The molecule has 6 nitrogen and oxygen atoms in total. The Hall–Kier alpha value is -2.11. The quantitative estimate of drug-likeness (QED) is 0.370. The second kappa shape index (κ2) is 16.9. The zero-order valence-corrected chi connectivity index (χ0v) is 13.6. The molecule has 0 unspecified atom stereocenters. The number of allylic oxidation sites excluding steroid dienone is 3. The van der Waals surface area contributed by atoms with Gasteiger partial charge in [-0.25, -0.2) is 0 Å². The van der Waals surface area contributed by atoms with Crippen LogP contribution < -0.4 is 0 Å². The molecule has 0 atom stereocenters. The van der Waals surface area contributed by atoms with Gasteiger partial charge in [-0.05, 0) is 19.3 Å². The van der Waals surface area contributed by atoms with Crippen molar-refractivity contribution in [2.45, 2.75) is 38.5 Å². The number of hydrogen-bond acceptors (Lipinski definition) is 6. The molecule has 0 amide bonds. The molecule has 0 radical (unpaired) electrons. The minimum atomic E-state index is -0.220. The highest BCUT2D eigenvalue weighted by atomic mass is 16.5. The summed E-state index contributed by atoms with van der Waals surface area (Å²) in [4.78, 5) is 31.6. The smallest absolute Gasteiger partial charge is 0.305 e. The lowest BCUT2D eigenvalue weighted by molar-refractivity contribution is -0.141. The Kier molecular flexibility index (Phi) is 17.1. The molecule has 0 fully saturated rings. The minimum Gasteiger partial charge on any atom is -0.469 e. The number of methoxy groups -OCH3 is 3. The van der Waals surface area contributed by atoms with Gasteiger partial charge < -0.3 is 14.2 Å². The summed E-state index contributed by atoms with van der Waals surface area (Å²) in [6.07, 6.45) is 8.61. The van der Waals surface area contributed by atoms with Crippen LogP contribution in [0.2, 0.25) is 0 Å². The molecule has 0 rings (SSSR count). The number of rotatable bonds is 9. The van der Waals surface area contributed by atoms with Crippen molar-refractivity contribution in [1.82, 2.24) is 0 Å². The SMILES string of the molecule is C=CCCC(=O)OC.COC(=O)CC/C=C\CCC(=O)OC. The molecule has 0 bridgehead atoms. The normalized spacial score (nSPS) is 9.41. The molecule has 126 valence electrons. The maximum atomic E-state index is 10.7. The van der Waals surface area contributed by atoms with Crippen LogP contribution in [0.4, 0.5) is 0 Å². The highest BCUT2D eigenvalue weighted by molar-refractivity contribution is 5.70. The first-order valence-electron chi connectivity index (χ1n) is 6.98. The summed E-state index contributed by atoms with van der Waals surface area (Å²) in [5.74, 6) is -0.616. The molecule has 6 heteroatoms. The number of hydrogen-bond donors (Lipinski definition) is 0. The number of ether oxygens (including phenoxy) is 3. The van der Waals surface area contributed by atoms with Gasteiger partial charge in [-0.15, -0.1) is 6.58 Å². The summed E-state index contributed by atoms with van der Waals surface area (Å²) in [5, 5.41) is 0. The third kappa shape index (κ3) is 17.9. The lowest BCUT2D eigenvalue weighted by Gasteiger charge is -1.95. The van der Waals surface area contributed by atoms with Gasteiger partial charge in [0.25, 0.3) is 0 Å². The van der Waals surface area contributed by atoms with Gasteiger partial charge in [-0.3, -0.25) is 14.4 Å². The maximum Gasteiger partial charge on any atom is 0.305 e. The molecule has 0 aromatic heterocycles. The third-order valence-corrected chi connectivity index (χ3v) is 2.43. The number of carbonyl (C=O) groups excluding carboxylic acids is 3. The second-order valence-electron chi connectivity index (χ2n) is 4.10. The van der Waals surface area contributed by atoms with E-state index in [9.17, 15) is 14.4 Å². The topological polar surface area (TPSA) is 78.9 Å². The Balaban J connectivity index is 0. The summed E-state index contributed by atoms with van der Waals surface area (Å²) >= 11 is 0. The van der Waals surface area contributed by atoms with Gasteiger partial charge in [0.2, 0.25) is 0 Å². The van der Waals surface area contributed by atoms with Crippen LogP contribution in [-0.2, 0) is 28.6 Å². The molecule has 0 N–H and O–H groups in total. The van der Waals surface area contributed by atoms with Gasteiger partial charge in [0.15, 0.2) is 0 Å². The van der Waals surface area contributed by atoms with Crippen LogP contribution in [0.1, 0.15) is 38.5 Å². The number of carbonyl (C=O) groups is 3. The molecule has 0 aliphatic carbocycles. The van der Waals surface area contributed by atoms with Crippen molar-refractivity contribution in [3.8, 4) is 0 Å². The van der Waals surface area contributed by atoms with Crippen molar-refractivity contribution in [2.75, 3.05) is 21.3 Å². The van der Waals surface area contributed by atoms with Crippen molar-refractivity contribution in [3.05, 3.63) is 24.8 Å². The van der Waals surface area contributed by atoms with Gasteiger partial charge in [0.1, 0.15) is 0 Å². The highest BCUT2D eigenvalue weighted by Crippen LogP contribution is 1.97. The average Bonchev–Trinajstić information content (AvgIpc) is 2.55. The molecule has 0 heterocycles. The predicted molar refractivity (Wildman–Crippen MR) is 83.1 cm³/mol. The van der Waals surface area contributed by atoms with E-state index in [4.69, 9.17) is 0 Å². The van der Waals surface area contributed by atoms with Crippen molar-refractivity contribution in [2.24, 2.45) is 0 Å². The fourth-order valence-corrected chi connectivity index (χ4v) is 1.16. The van der Waals surface area contributed by atoms with Gasteiger partial charge in [-0.1, -0.05) is 18.2 Å². The first-order chi connectivity index (χ1) is 10.5. The predicted octanol–water partition coefficient (Wildman–Crippen LogP) is 2.57. The summed E-state index contributed by atoms with van der Waals surface area (Å²) in [5.41, 5.74) is 0. The average molecular weight is 314 g/mol. The molecule has 0 saturated heterocycles. The van der Waals surface area contributed by atoms with Crippen molar-refractivity contribution >= 4 is 17.9 Å². The molecule has 22 heavy (non-hydrogen) atoms. The fraction of sp³-hybridized carbons (Fsp3) is 0.562. The van der Waals surface area contributed by atoms with E-state index >= 15 is 0 Å². The molecule has 0 spiro atoms. The zero-order valence-electron chi connectivity index (χ0n) is 13.6. The fourth-order valence-electron chi connectivity index (χ4n) is 1.16. The van der Waals surface area contributed by atoms with Crippen molar-refractivity contribution in [3.63, 3.8) is 0 Å². The summed E-state index contributed by atoms with van der Waals surface area (Å²) in [6.45, 7) is 3.46. The van der Waals surface area contributed by atoms with Gasteiger partial charge in [-0.2, -0.15) is 0 Å². The van der Waals surface area contributed by atoms with Crippen molar-refractivity contribution < 1.29 is 28.6 Å². The largest absolute Gasteiger partial charge is 0.469 e. The van der Waals surface area contributed by atoms with Crippen LogP contribution in [0, 0.1) is 0 Å². The highest BCUT2D eigenvalue weighted by Gasteiger charge is 1.97. The first kappa shape index (κ1) is 22.2. The van der Waals surface area contributed by atoms with Crippen LogP contribution in [0.15, 0.2) is 24.8 Å². The Morgan fingerprint density at radius 3 is 1.32 bits per heavy atom. The van der Waals surface area contributed by atoms with Gasteiger partial charge >= 0.3 is 17.9 Å². The standard InChI is InChI=1S/C10H16O4.C6H10O2/c1-13-9(11)7-5-3-4-6-8-10(12)14-2;1-3-4-5-6(7)8-2/h3-4H,5-8H2,1-2H3;3H,1,4-5H2,2H3/b4-3-;. The second-order valence-corrected chi connectivity index (χ2v) is 4.10. The summed E-state index contributed by atoms with van der Waals surface area (Å²) < 4.78 is 13.3. The molecule has 0 aliphatic heterocycles. The van der Waals surface area contributed by atoms with Gasteiger partial charge in [0.05, 0.1) is 21.3 Å². The van der Waals surface area contributed by atoms with E-state index in [2.05, 4.69) is 20.8 Å². The molecule has 0 saturated carbocycles. The monoisotopic (exact) mass is 314 g/mol. The van der Waals surface area contributed by atoms with E-state index < -0.39 is 0 Å². The molecular weight excluding hydrogens is 288 g/mol. The van der Waals surface area contributed by atoms with Gasteiger partial charge in [0, 0.05) is 19.3 Å². The van der Waals surface area contributed by atoms with Crippen LogP contribution in [0.25, 0.3) is 0 Å². The Morgan fingerprint density at radius 1 is 0.727 bits per heavy atom. The van der Waals surface area contributed by atoms with Crippen molar-refractivity contribution in [1.29, 1.82) is 0 Å². The minimum absolute atomic E-state index is 0.176.